The highest BCUT2D eigenvalue weighted by atomic mass is 16.5. The highest BCUT2D eigenvalue weighted by molar-refractivity contribution is 5.28. The van der Waals surface area contributed by atoms with Crippen LogP contribution in [0.15, 0.2) is 24.3 Å². The summed E-state index contributed by atoms with van der Waals surface area (Å²) in [5.41, 5.74) is 2.29. The maximum absolute atomic E-state index is 9.29. The molecule has 3 nitrogen and oxygen atoms in total. The SMILES string of the molecule is Cc1cccc(C(C#N)N2CCOCC2)c1. The number of morpholine rings is 1. The van der Waals surface area contributed by atoms with Crippen molar-refractivity contribution in [1.29, 1.82) is 5.26 Å². The van der Waals surface area contributed by atoms with E-state index in [2.05, 4.69) is 30.0 Å². The molecule has 84 valence electrons. The molecule has 0 amide bonds. The molecule has 16 heavy (non-hydrogen) atoms. The minimum absolute atomic E-state index is 0.135. The van der Waals surface area contributed by atoms with Crippen molar-refractivity contribution in [2.45, 2.75) is 13.0 Å². The summed E-state index contributed by atoms with van der Waals surface area (Å²) in [7, 11) is 0. The Balaban J connectivity index is 2.18. The molecule has 1 aromatic carbocycles. The molecule has 1 saturated heterocycles. The molecule has 2 rings (SSSR count). The highest BCUT2D eigenvalue weighted by Gasteiger charge is 2.21. The van der Waals surface area contributed by atoms with Gasteiger partial charge in [-0.2, -0.15) is 5.26 Å². The van der Waals surface area contributed by atoms with Crippen molar-refractivity contribution in [1.82, 2.24) is 4.90 Å². The fourth-order valence-electron chi connectivity index (χ4n) is 2.04. The lowest BCUT2D eigenvalue weighted by Crippen LogP contribution is -2.38. The van der Waals surface area contributed by atoms with Crippen LogP contribution >= 0.6 is 0 Å². The van der Waals surface area contributed by atoms with Crippen molar-refractivity contribution in [3.8, 4) is 6.07 Å². The zero-order chi connectivity index (χ0) is 11.4. The second-order valence-electron chi connectivity index (χ2n) is 4.09. The van der Waals surface area contributed by atoms with Gasteiger partial charge < -0.3 is 4.74 Å². The predicted molar refractivity (Wildman–Crippen MR) is 61.9 cm³/mol. The Labute approximate surface area is 96.2 Å². The van der Waals surface area contributed by atoms with E-state index in [0.717, 1.165) is 31.9 Å². The molecule has 1 aliphatic heterocycles. The van der Waals surface area contributed by atoms with Crippen LogP contribution in [0.1, 0.15) is 17.2 Å². The van der Waals surface area contributed by atoms with Crippen LogP contribution in [0.3, 0.4) is 0 Å². The number of nitrogens with zero attached hydrogens (tertiary/aromatic N) is 2. The van der Waals surface area contributed by atoms with Gasteiger partial charge >= 0.3 is 0 Å². The fraction of sp³-hybridized carbons (Fsp3) is 0.462. The second-order valence-corrected chi connectivity index (χ2v) is 4.09. The predicted octanol–water partition coefficient (Wildman–Crippen LogP) is 1.89. The van der Waals surface area contributed by atoms with Crippen molar-refractivity contribution >= 4 is 0 Å². The number of rotatable bonds is 2. The van der Waals surface area contributed by atoms with E-state index in [1.807, 2.05) is 12.1 Å². The van der Waals surface area contributed by atoms with Gasteiger partial charge in [0.1, 0.15) is 6.04 Å². The van der Waals surface area contributed by atoms with Gasteiger partial charge in [-0.25, -0.2) is 0 Å². The Hall–Kier alpha value is -1.37. The van der Waals surface area contributed by atoms with E-state index in [-0.39, 0.29) is 6.04 Å². The third-order valence-corrected chi connectivity index (χ3v) is 2.89. The Morgan fingerprint density at radius 3 is 2.75 bits per heavy atom. The lowest BCUT2D eigenvalue weighted by atomic mass is 10.0. The summed E-state index contributed by atoms with van der Waals surface area (Å²) in [6.07, 6.45) is 0. The number of hydrogen-bond donors (Lipinski definition) is 0. The van der Waals surface area contributed by atoms with Crippen molar-refractivity contribution in [3.63, 3.8) is 0 Å². The van der Waals surface area contributed by atoms with Crippen LogP contribution in [-0.2, 0) is 4.74 Å². The number of ether oxygens (including phenoxy) is 1. The van der Waals surface area contributed by atoms with Gasteiger partial charge in [-0.05, 0) is 12.5 Å². The Kier molecular flexibility index (Phi) is 3.55. The largest absolute Gasteiger partial charge is 0.379 e. The van der Waals surface area contributed by atoms with E-state index in [4.69, 9.17) is 4.74 Å². The van der Waals surface area contributed by atoms with Crippen LogP contribution in [0, 0.1) is 18.3 Å². The van der Waals surface area contributed by atoms with Crippen LogP contribution in [0.25, 0.3) is 0 Å². The van der Waals surface area contributed by atoms with Crippen LogP contribution in [0.2, 0.25) is 0 Å². The number of nitriles is 1. The lowest BCUT2D eigenvalue weighted by molar-refractivity contribution is 0.0266. The van der Waals surface area contributed by atoms with Crippen molar-refractivity contribution in [3.05, 3.63) is 35.4 Å². The van der Waals surface area contributed by atoms with E-state index in [1.54, 1.807) is 0 Å². The normalized spacial score (nSPS) is 19.0. The van der Waals surface area contributed by atoms with Crippen molar-refractivity contribution in [2.75, 3.05) is 26.3 Å². The molecule has 1 aromatic rings. The van der Waals surface area contributed by atoms with Crippen molar-refractivity contribution < 1.29 is 4.74 Å². The molecular weight excluding hydrogens is 200 g/mol. The van der Waals surface area contributed by atoms with E-state index in [1.165, 1.54) is 5.56 Å². The first-order chi connectivity index (χ1) is 7.81. The maximum atomic E-state index is 9.29. The summed E-state index contributed by atoms with van der Waals surface area (Å²) >= 11 is 0. The minimum Gasteiger partial charge on any atom is -0.379 e. The Morgan fingerprint density at radius 1 is 1.38 bits per heavy atom. The minimum atomic E-state index is -0.135. The summed E-state index contributed by atoms with van der Waals surface area (Å²) in [6.45, 7) is 5.18. The standard InChI is InChI=1S/C13H16N2O/c1-11-3-2-4-12(9-11)13(10-14)15-5-7-16-8-6-15/h2-4,9,13H,5-8H2,1H3. The molecule has 0 aliphatic carbocycles. The highest BCUT2D eigenvalue weighted by Crippen LogP contribution is 2.21. The number of benzene rings is 1. The molecule has 0 N–H and O–H groups in total. The smallest absolute Gasteiger partial charge is 0.124 e. The molecule has 0 saturated carbocycles. The molecule has 1 heterocycles. The molecule has 3 heteroatoms. The number of aryl methyl sites for hydroxylation is 1. The monoisotopic (exact) mass is 216 g/mol. The third-order valence-electron chi connectivity index (χ3n) is 2.89. The molecule has 0 aromatic heterocycles. The quantitative estimate of drug-likeness (QED) is 0.757. The summed E-state index contributed by atoms with van der Waals surface area (Å²) in [5.74, 6) is 0. The van der Waals surface area contributed by atoms with Gasteiger partial charge in [0.05, 0.1) is 19.3 Å². The lowest BCUT2D eigenvalue weighted by Gasteiger charge is -2.30. The van der Waals surface area contributed by atoms with Gasteiger partial charge in [-0.1, -0.05) is 29.8 Å². The molecule has 1 atom stereocenters. The molecule has 1 unspecified atom stereocenters. The summed E-state index contributed by atoms with van der Waals surface area (Å²) in [5, 5.41) is 9.29. The molecule has 0 spiro atoms. The summed E-state index contributed by atoms with van der Waals surface area (Å²) in [4.78, 5) is 2.18. The van der Waals surface area contributed by atoms with Gasteiger partial charge in [-0.3, -0.25) is 4.90 Å². The van der Waals surface area contributed by atoms with Crippen LogP contribution < -0.4 is 0 Å². The van der Waals surface area contributed by atoms with Crippen LogP contribution in [0.5, 0.6) is 0 Å². The number of hydrogen-bond acceptors (Lipinski definition) is 3. The molecule has 0 bridgehead atoms. The fourth-order valence-corrected chi connectivity index (χ4v) is 2.04. The van der Waals surface area contributed by atoms with E-state index < -0.39 is 0 Å². The second kappa shape index (κ2) is 5.11. The molecule has 1 aliphatic rings. The third kappa shape index (κ3) is 2.41. The zero-order valence-electron chi connectivity index (χ0n) is 9.52. The van der Waals surface area contributed by atoms with Gasteiger partial charge in [-0.15, -0.1) is 0 Å². The topological polar surface area (TPSA) is 36.3 Å². The first-order valence-corrected chi connectivity index (χ1v) is 5.59. The van der Waals surface area contributed by atoms with Crippen LogP contribution in [0.4, 0.5) is 0 Å². The summed E-state index contributed by atoms with van der Waals surface area (Å²) < 4.78 is 5.30. The zero-order valence-corrected chi connectivity index (χ0v) is 9.52. The average molecular weight is 216 g/mol. The first kappa shape index (κ1) is 11.1. The molecular formula is C13H16N2O. The van der Waals surface area contributed by atoms with E-state index in [0.29, 0.717) is 0 Å². The van der Waals surface area contributed by atoms with E-state index in [9.17, 15) is 5.26 Å². The first-order valence-electron chi connectivity index (χ1n) is 5.59. The Morgan fingerprint density at radius 2 is 2.12 bits per heavy atom. The van der Waals surface area contributed by atoms with Gasteiger partial charge in [0.15, 0.2) is 0 Å². The van der Waals surface area contributed by atoms with Crippen LogP contribution in [-0.4, -0.2) is 31.2 Å². The van der Waals surface area contributed by atoms with E-state index >= 15 is 0 Å². The van der Waals surface area contributed by atoms with Gasteiger partial charge in [0.25, 0.3) is 0 Å². The van der Waals surface area contributed by atoms with Gasteiger partial charge in [0.2, 0.25) is 0 Å². The van der Waals surface area contributed by atoms with Crippen molar-refractivity contribution in [2.24, 2.45) is 0 Å². The molecule has 1 fully saturated rings. The average Bonchev–Trinajstić information content (AvgIpc) is 2.31. The maximum Gasteiger partial charge on any atom is 0.124 e. The van der Waals surface area contributed by atoms with Gasteiger partial charge in [0, 0.05) is 13.1 Å². The summed E-state index contributed by atoms with van der Waals surface area (Å²) in [6, 6.07) is 10.4. The molecule has 0 radical (unpaired) electrons. The Bertz CT molecular complexity index is 391.